The van der Waals surface area contributed by atoms with Gasteiger partial charge in [-0.1, -0.05) is 30.3 Å². The maximum atomic E-state index is 12.5. The third-order valence-electron chi connectivity index (χ3n) is 5.03. The number of rotatable bonds is 7. The number of nitrogens with one attached hydrogen (secondary N) is 2. The Morgan fingerprint density at radius 3 is 2.48 bits per heavy atom. The molecule has 3 aromatic rings. The van der Waals surface area contributed by atoms with Crippen molar-refractivity contribution < 1.29 is 4.79 Å². The molecule has 0 aliphatic carbocycles. The molecule has 0 atom stereocenters. The first-order valence-electron chi connectivity index (χ1n) is 9.57. The van der Waals surface area contributed by atoms with Crippen molar-refractivity contribution in [3.05, 3.63) is 86.6 Å². The molecule has 0 aliphatic heterocycles. The van der Waals surface area contributed by atoms with Gasteiger partial charge in [0.2, 0.25) is 0 Å². The number of hydrogen-bond donors (Lipinski definition) is 2. The van der Waals surface area contributed by atoms with Gasteiger partial charge in [-0.3, -0.25) is 19.2 Å². The topological polar surface area (TPSA) is 83.0 Å². The van der Waals surface area contributed by atoms with Crippen LogP contribution in [0, 0.1) is 13.8 Å². The normalized spacial score (nSPS) is 11.1. The van der Waals surface area contributed by atoms with Crippen LogP contribution in [0.5, 0.6) is 0 Å². The van der Waals surface area contributed by atoms with Crippen LogP contribution < -0.4 is 10.9 Å². The zero-order valence-corrected chi connectivity index (χ0v) is 17.3. The van der Waals surface area contributed by atoms with E-state index in [9.17, 15) is 9.59 Å². The van der Waals surface area contributed by atoms with E-state index in [0.717, 1.165) is 29.2 Å². The van der Waals surface area contributed by atoms with Crippen molar-refractivity contribution in [2.45, 2.75) is 33.5 Å². The van der Waals surface area contributed by atoms with Gasteiger partial charge < -0.3 is 10.3 Å². The van der Waals surface area contributed by atoms with Gasteiger partial charge in [-0.05, 0) is 38.6 Å². The van der Waals surface area contributed by atoms with Gasteiger partial charge in [0.05, 0.1) is 5.69 Å². The lowest BCUT2D eigenvalue weighted by atomic mass is 10.2. The number of hydrogen-bond acceptors (Lipinski definition) is 4. The van der Waals surface area contributed by atoms with Crippen molar-refractivity contribution >= 4 is 5.91 Å². The van der Waals surface area contributed by atoms with E-state index in [1.165, 1.54) is 5.56 Å². The third kappa shape index (κ3) is 5.00. The maximum Gasteiger partial charge on any atom is 0.261 e. The van der Waals surface area contributed by atoms with Gasteiger partial charge in [0.1, 0.15) is 5.56 Å². The highest BCUT2D eigenvalue weighted by molar-refractivity contribution is 5.93. The zero-order valence-electron chi connectivity index (χ0n) is 17.3. The van der Waals surface area contributed by atoms with Crippen LogP contribution in [0.25, 0.3) is 0 Å². The first-order chi connectivity index (χ1) is 13.8. The molecule has 2 heterocycles. The number of amides is 1. The fraction of sp³-hybridized carbons (Fsp3) is 0.318. The van der Waals surface area contributed by atoms with E-state index in [0.29, 0.717) is 13.1 Å². The molecule has 1 amide bonds. The largest absolute Gasteiger partial charge is 0.348 e. The van der Waals surface area contributed by atoms with Gasteiger partial charge in [-0.2, -0.15) is 5.10 Å². The summed E-state index contributed by atoms with van der Waals surface area (Å²) in [5, 5.41) is 7.16. The molecule has 2 N–H and O–H groups in total. The zero-order chi connectivity index (χ0) is 21.0. The molecule has 7 nitrogen and oxygen atoms in total. The summed E-state index contributed by atoms with van der Waals surface area (Å²) in [5.41, 5.74) is 4.53. The summed E-state index contributed by atoms with van der Waals surface area (Å²) in [6.07, 6.45) is 0. The highest BCUT2D eigenvalue weighted by atomic mass is 16.2. The number of aryl methyl sites for hydroxylation is 2. The van der Waals surface area contributed by atoms with Crippen LogP contribution in [0.3, 0.4) is 0 Å². The number of pyridine rings is 1. The second kappa shape index (κ2) is 8.87. The minimum atomic E-state index is -0.391. The SMILES string of the molecule is Cc1nn(C)c(C)c1CNC(=O)c1ccc(CN(C)Cc2ccccc2)[nH]c1=O. The summed E-state index contributed by atoms with van der Waals surface area (Å²) in [6.45, 7) is 5.55. The van der Waals surface area contributed by atoms with Gasteiger partial charge in [-0.25, -0.2) is 0 Å². The number of H-pyrrole nitrogens is 1. The summed E-state index contributed by atoms with van der Waals surface area (Å²) in [6, 6.07) is 13.5. The van der Waals surface area contributed by atoms with Gasteiger partial charge in [-0.15, -0.1) is 0 Å². The van der Waals surface area contributed by atoms with E-state index in [2.05, 4.69) is 32.4 Å². The molecular weight excluding hydrogens is 366 g/mol. The Bertz CT molecular complexity index is 1050. The lowest BCUT2D eigenvalue weighted by Gasteiger charge is -2.16. The Kier molecular flexibility index (Phi) is 6.29. The van der Waals surface area contributed by atoms with Crippen molar-refractivity contribution in [3.8, 4) is 0 Å². The molecule has 3 rings (SSSR count). The molecule has 0 saturated carbocycles. The Balaban J connectivity index is 1.62. The molecule has 152 valence electrons. The molecule has 2 aromatic heterocycles. The number of nitrogens with zero attached hydrogens (tertiary/aromatic N) is 3. The maximum absolute atomic E-state index is 12.5. The summed E-state index contributed by atoms with van der Waals surface area (Å²) < 4.78 is 1.78. The first kappa shape index (κ1) is 20.5. The summed E-state index contributed by atoms with van der Waals surface area (Å²) in [4.78, 5) is 29.8. The first-order valence-corrected chi connectivity index (χ1v) is 9.57. The Labute approximate surface area is 170 Å². The Hall–Kier alpha value is -3.19. The molecule has 0 radical (unpaired) electrons. The van der Waals surface area contributed by atoms with Gasteiger partial charge in [0.15, 0.2) is 0 Å². The number of benzene rings is 1. The minimum absolute atomic E-state index is 0.110. The fourth-order valence-corrected chi connectivity index (χ4v) is 3.36. The Morgan fingerprint density at radius 1 is 1.14 bits per heavy atom. The van der Waals surface area contributed by atoms with Crippen molar-refractivity contribution in [2.75, 3.05) is 7.05 Å². The predicted molar refractivity (Wildman–Crippen MR) is 113 cm³/mol. The molecule has 0 unspecified atom stereocenters. The Morgan fingerprint density at radius 2 is 1.86 bits per heavy atom. The standard InChI is InChI=1S/C22H27N5O2/c1-15-20(16(2)27(4)25-15)12-23-21(28)19-11-10-18(24-22(19)29)14-26(3)13-17-8-6-5-7-9-17/h5-11H,12-14H2,1-4H3,(H,23,28)(H,24,29). The molecule has 0 saturated heterocycles. The molecule has 0 fully saturated rings. The van der Waals surface area contributed by atoms with Crippen LogP contribution in [0.15, 0.2) is 47.3 Å². The van der Waals surface area contributed by atoms with Gasteiger partial charge in [0, 0.05) is 43.6 Å². The lowest BCUT2D eigenvalue weighted by molar-refractivity contribution is 0.0949. The van der Waals surface area contributed by atoms with Crippen molar-refractivity contribution in [1.82, 2.24) is 25.0 Å². The van der Waals surface area contributed by atoms with Crippen LogP contribution in [0.4, 0.5) is 0 Å². The summed E-state index contributed by atoms with van der Waals surface area (Å²) in [5.74, 6) is -0.391. The van der Waals surface area contributed by atoms with Crippen LogP contribution in [0.2, 0.25) is 0 Å². The van der Waals surface area contributed by atoms with Crippen LogP contribution in [0.1, 0.15) is 38.6 Å². The minimum Gasteiger partial charge on any atom is -0.348 e. The predicted octanol–water partition coefficient (Wildman–Crippen LogP) is 2.29. The quantitative estimate of drug-likeness (QED) is 0.645. The number of carbonyl (C=O) groups excluding carboxylic acids is 1. The van der Waals surface area contributed by atoms with Crippen LogP contribution in [-0.2, 0) is 26.7 Å². The number of aromatic amines is 1. The highest BCUT2D eigenvalue weighted by Crippen LogP contribution is 2.11. The van der Waals surface area contributed by atoms with E-state index in [4.69, 9.17) is 0 Å². The third-order valence-corrected chi connectivity index (χ3v) is 5.03. The monoisotopic (exact) mass is 393 g/mol. The molecule has 0 bridgehead atoms. The van der Waals surface area contributed by atoms with Gasteiger partial charge in [0.25, 0.3) is 11.5 Å². The molecule has 0 aliphatic rings. The van der Waals surface area contributed by atoms with E-state index in [1.54, 1.807) is 16.8 Å². The van der Waals surface area contributed by atoms with E-state index in [1.807, 2.05) is 46.1 Å². The smallest absolute Gasteiger partial charge is 0.261 e. The van der Waals surface area contributed by atoms with Crippen molar-refractivity contribution in [2.24, 2.45) is 7.05 Å². The van der Waals surface area contributed by atoms with Crippen molar-refractivity contribution in [3.63, 3.8) is 0 Å². The molecule has 29 heavy (non-hydrogen) atoms. The number of carbonyl (C=O) groups is 1. The summed E-state index contributed by atoms with van der Waals surface area (Å²) in [7, 11) is 3.86. The molecule has 1 aromatic carbocycles. The van der Waals surface area contributed by atoms with E-state index in [-0.39, 0.29) is 11.1 Å². The average molecular weight is 393 g/mol. The van der Waals surface area contributed by atoms with Crippen molar-refractivity contribution in [1.29, 1.82) is 0 Å². The summed E-state index contributed by atoms with van der Waals surface area (Å²) >= 11 is 0. The second-order valence-corrected chi connectivity index (χ2v) is 7.34. The second-order valence-electron chi connectivity index (χ2n) is 7.34. The molecule has 7 heteroatoms. The van der Waals surface area contributed by atoms with Crippen LogP contribution >= 0.6 is 0 Å². The molecular formula is C22H27N5O2. The fourth-order valence-electron chi connectivity index (χ4n) is 3.36. The average Bonchev–Trinajstić information content (AvgIpc) is 2.92. The number of aromatic nitrogens is 3. The van der Waals surface area contributed by atoms with Crippen LogP contribution in [-0.4, -0.2) is 32.6 Å². The van der Waals surface area contributed by atoms with E-state index < -0.39 is 5.91 Å². The lowest BCUT2D eigenvalue weighted by Crippen LogP contribution is -2.30. The highest BCUT2D eigenvalue weighted by Gasteiger charge is 2.14. The molecule has 0 spiro atoms. The van der Waals surface area contributed by atoms with E-state index >= 15 is 0 Å². The van der Waals surface area contributed by atoms with Gasteiger partial charge >= 0.3 is 0 Å².